The Labute approximate surface area is 238 Å². The lowest BCUT2D eigenvalue weighted by Crippen LogP contribution is -2.43. The molecule has 3 nitrogen and oxygen atoms in total. The third kappa shape index (κ3) is 4.95. The smallest absolute Gasteiger partial charge is 0.258 e. The predicted octanol–water partition coefficient (Wildman–Crippen LogP) is 8.51. The Morgan fingerprint density at radius 1 is 0.921 bits per heavy atom. The van der Waals surface area contributed by atoms with E-state index < -0.39 is 0 Å². The lowest BCUT2D eigenvalue weighted by atomic mass is 9.62. The Morgan fingerprint density at radius 2 is 1.68 bits per heavy atom. The summed E-state index contributed by atoms with van der Waals surface area (Å²) in [7, 11) is 0. The number of hydrogen-bond donors (Lipinski definition) is 0. The summed E-state index contributed by atoms with van der Waals surface area (Å²) < 4.78 is 1.94. The van der Waals surface area contributed by atoms with Gasteiger partial charge in [0, 0.05) is 33.3 Å². The second-order valence-corrected chi connectivity index (χ2v) is 12.3. The van der Waals surface area contributed by atoms with E-state index in [1.807, 2.05) is 22.8 Å². The van der Waals surface area contributed by atoms with Gasteiger partial charge in [-0.15, -0.1) is 0 Å². The first-order chi connectivity index (χ1) is 18.5. The van der Waals surface area contributed by atoms with Gasteiger partial charge in [-0.3, -0.25) is 9.36 Å². The first kappa shape index (κ1) is 25.7. The molecule has 0 saturated heterocycles. The molecule has 4 aromatic rings. The molecule has 0 radical (unpaired) electrons. The minimum Gasteiger partial charge on any atom is -0.287 e. The third-order valence-electron chi connectivity index (χ3n) is 8.12. The molecule has 2 aliphatic rings. The second kappa shape index (κ2) is 10.9. The Bertz CT molecular complexity index is 1530. The van der Waals surface area contributed by atoms with E-state index in [9.17, 15) is 4.79 Å². The summed E-state index contributed by atoms with van der Waals surface area (Å²) in [6.45, 7) is 0.595. The van der Waals surface area contributed by atoms with Crippen LogP contribution < -0.4 is 5.56 Å². The number of rotatable bonds is 6. The Kier molecular flexibility index (Phi) is 7.39. The lowest BCUT2D eigenvalue weighted by molar-refractivity contribution is 0.282. The van der Waals surface area contributed by atoms with Crippen LogP contribution >= 0.6 is 35.0 Å². The van der Waals surface area contributed by atoms with Crippen molar-refractivity contribution in [2.75, 3.05) is 0 Å². The lowest BCUT2D eigenvalue weighted by Gasteiger charge is -2.42. The van der Waals surface area contributed by atoms with Crippen LogP contribution in [-0.2, 0) is 30.6 Å². The van der Waals surface area contributed by atoms with Gasteiger partial charge in [0.1, 0.15) is 0 Å². The molecule has 0 amide bonds. The molecule has 6 heteroatoms. The van der Waals surface area contributed by atoms with Gasteiger partial charge < -0.3 is 0 Å². The van der Waals surface area contributed by atoms with Crippen LogP contribution in [0.15, 0.2) is 82.7 Å². The van der Waals surface area contributed by atoms with Crippen LogP contribution in [0.3, 0.4) is 0 Å². The number of benzene rings is 3. The fourth-order valence-corrected chi connectivity index (χ4v) is 7.77. The highest BCUT2D eigenvalue weighted by atomic mass is 35.5. The van der Waals surface area contributed by atoms with E-state index in [0.29, 0.717) is 22.3 Å². The fourth-order valence-electron chi connectivity index (χ4n) is 6.20. The van der Waals surface area contributed by atoms with E-state index >= 15 is 0 Å². The first-order valence-corrected chi connectivity index (χ1v) is 15.1. The summed E-state index contributed by atoms with van der Waals surface area (Å²) in [5.74, 6) is 0.610. The molecule has 0 atom stereocenters. The Hall–Kier alpha value is -2.53. The van der Waals surface area contributed by atoms with Crippen molar-refractivity contribution in [1.29, 1.82) is 0 Å². The van der Waals surface area contributed by atoms with Gasteiger partial charge in [-0.2, -0.15) is 0 Å². The highest BCUT2D eigenvalue weighted by Gasteiger charge is 2.43. The van der Waals surface area contributed by atoms with E-state index in [1.165, 1.54) is 17.5 Å². The third-order valence-corrected chi connectivity index (χ3v) is 9.73. The summed E-state index contributed by atoms with van der Waals surface area (Å²) in [6, 6.07) is 24.5. The van der Waals surface area contributed by atoms with Crippen LogP contribution in [0.2, 0.25) is 10.0 Å². The number of fused-ring (bicyclic) bond motifs is 4. The predicted molar refractivity (Wildman–Crippen MR) is 159 cm³/mol. The van der Waals surface area contributed by atoms with Crippen molar-refractivity contribution < 1.29 is 0 Å². The monoisotopic (exact) mass is 560 g/mol. The highest BCUT2D eigenvalue weighted by Crippen LogP contribution is 2.49. The highest BCUT2D eigenvalue weighted by molar-refractivity contribution is 7.98. The molecule has 1 fully saturated rings. The van der Waals surface area contributed by atoms with Gasteiger partial charge in [-0.05, 0) is 54.5 Å². The van der Waals surface area contributed by atoms with Crippen molar-refractivity contribution in [2.45, 2.75) is 67.8 Å². The van der Waals surface area contributed by atoms with Crippen LogP contribution in [0.1, 0.15) is 54.4 Å². The molecule has 6 rings (SSSR count). The number of aryl methyl sites for hydroxylation is 1. The van der Waals surface area contributed by atoms with Crippen molar-refractivity contribution in [3.63, 3.8) is 0 Å². The van der Waals surface area contributed by atoms with Crippen molar-refractivity contribution in [2.24, 2.45) is 0 Å². The SMILES string of the molecule is O=c1c2c(nc(SCc3ccc(Cl)cc3Cl)n1CCc1ccccc1)-c1ccccc1CC21CCCCC1. The van der Waals surface area contributed by atoms with Crippen molar-refractivity contribution in [3.05, 3.63) is 115 Å². The summed E-state index contributed by atoms with van der Waals surface area (Å²) in [6.07, 6.45) is 7.38. The Balaban J connectivity index is 1.48. The van der Waals surface area contributed by atoms with E-state index in [0.717, 1.165) is 66.1 Å². The minimum atomic E-state index is -0.122. The van der Waals surface area contributed by atoms with Crippen LogP contribution in [0.5, 0.6) is 0 Å². The summed E-state index contributed by atoms with van der Waals surface area (Å²) in [5.41, 5.74) is 6.45. The van der Waals surface area contributed by atoms with Crippen LogP contribution in [0, 0.1) is 0 Å². The van der Waals surface area contributed by atoms with Gasteiger partial charge in [0.05, 0.1) is 11.3 Å². The molecular formula is C32H30Cl2N2OS. The van der Waals surface area contributed by atoms with E-state index in [2.05, 4.69) is 48.5 Å². The van der Waals surface area contributed by atoms with Crippen molar-refractivity contribution in [1.82, 2.24) is 9.55 Å². The normalized spacial score (nSPS) is 15.7. The molecular weight excluding hydrogens is 531 g/mol. The van der Waals surface area contributed by atoms with Gasteiger partial charge in [-0.25, -0.2) is 4.98 Å². The van der Waals surface area contributed by atoms with Gasteiger partial charge in [-0.1, -0.05) is 115 Å². The number of aromatic nitrogens is 2. The zero-order valence-electron chi connectivity index (χ0n) is 21.3. The van der Waals surface area contributed by atoms with E-state index in [-0.39, 0.29) is 11.0 Å². The minimum absolute atomic E-state index is 0.122. The molecule has 0 bridgehead atoms. The molecule has 38 heavy (non-hydrogen) atoms. The topological polar surface area (TPSA) is 34.9 Å². The second-order valence-electron chi connectivity index (χ2n) is 10.5. The largest absolute Gasteiger partial charge is 0.287 e. The van der Waals surface area contributed by atoms with Gasteiger partial charge in [0.25, 0.3) is 5.56 Å². The molecule has 1 spiro atoms. The molecule has 0 aliphatic heterocycles. The molecule has 1 heterocycles. The maximum absolute atomic E-state index is 14.5. The number of hydrogen-bond acceptors (Lipinski definition) is 3. The fraction of sp³-hybridized carbons (Fsp3) is 0.312. The van der Waals surface area contributed by atoms with Crippen LogP contribution in [-0.4, -0.2) is 9.55 Å². The van der Waals surface area contributed by atoms with E-state index in [1.54, 1.807) is 17.8 Å². The molecule has 0 N–H and O–H groups in total. The average Bonchev–Trinajstić information content (AvgIpc) is 2.93. The zero-order chi connectivity index (χ0) is 26.1. The summed E-state index contributed by atoms with van der Waals surface area (Å²) >= 11 is 14.2. The number of thioether (sulfide) groups is 1. The van der Waals surface area contributed by atoms with Gasteiger partial charge in [0.15, 0.2) is 5.16 Å². The molecule has 3 aromatic carbocycles. The van der Waals surface area contributed by atoms with Crippen LogP contribution in [0.4, 0.5) is 0 Å². The van der Waals surface area contributed by atoms with Crippen molar-refractivity contribution >= 4 is 35.0 Å². The molecule has 194 valence electrons. The standard InChI is InChI=1S/C32H30Cl2N2OS/c33-25-14-13-24(27(34)19-25)21-38-31-35-29-26-12-6-5-11-23(26)20-32(16-7-2-8-17-32)28(29)30(37)36(31)18-15-22-9-3-1-4-10-22/h1,3-6,9-14,19H,2,7-8,15-18,20-21H2. The average molecular weight is 562 g/mol. The van der Waals surface area contributed by atoms with Gasteiger partial charge >= 0.3 is 0 Å². The molecule has 1 saturated carbocycles. The quantitative estimate of drug-likeness (QED) is 0.175. The van der Waals surface area contributed by atoms with E-state index in [4.69, 9.17) is 28.2 Å². The molecule has 1 aromatic heterocycles. The zero-order valence-corrected chi connectivity index (χ0v) is 23.6. The molecule has 0 unspecified atom stereocenters. The molecule has 2 aliphatic carbocycles. The maximum atomic E-state index is 14.5. The summed E-state index contributed by atoms with van der Waals surface area (Å²) in [4.78, 5) is 19.8. The number of nitrogens with zero attached hydrogens (tertiary/aromatic N) is 2. The maximum Gasteiger partial charge on any atom is 0.258 e. The first-order valence-electron chi connectivity index (χ1n) is 13.4. The van der Waals surface area contributed by atoms with Crippen molar-refractivity contribution in [3.8, 4) is 11.3 Å². The van der Waals surface area contributed by atoms with Crippen LogP contribution in [0.25, 0.3) is 11.3 Å². The summed E-state index contributed by atoms with van der Waals surface area (Å²) in [5, 5.41) is 2.00. The Morgan fingerprint density at radius 3 is 2.47 bits per heavy atom. The number of halogens is 2. The van der Waals surface area contributed by atoms with Gasteiger partial charge in [0.2, 0.25) is 0 Å².